The molecule has 0 aliphatic carbocycles. The minimum atomic E-state index is -0.987. The SMILES string of the molecule is CCN(c1cc(-c2ccc(OCCCOCC(=O)NC(C(=O)N3C[C@H](O)C[C@H]3C(=O)N[C@@H](C)c3ccc(-c4scnc4C)cc3)C(C)(C)C)cc2)cc(C(=O)NCc2c(C)cc(C)[nH]c2=O)c1C)C1CCOCC1. The molecule has 2 aliphatic rings. The van der Waals surface area contributed by atoms with Crippen molar-refractivity contribution in [3.8, 4) is 27.3 Å². The van der Waals surface area contributed by atoms with Gasteiger partial charge in [-0.2, -0.15) is 0 Å². The molecule has 1 unspecified atom stereocenters. The number of nitrogens with zero attached hydrogens (tertiary/aromatic N) is 3. The standard InChI is InChI=1S/C57H73N7O9S/c1-10-63(43-20-24-71-25-21-43)48-28-42(27-46(36(48)4)53(67)58-30-47-34(2)26-35(3)60-54(47)68)40-16-18-45(19-17-40)73-23-11-22-72-32-50(66)62-52(57(7,8)9)56(70)64-31-44(65)29-49(64)55(69)61-37(5)39-12-14-41(15-13-39)51-38(6)59-33-74-51/h12-19,26-28,33,37,43-44,49,52,65H,10-11,20-25,29-32H2,1-9H3,(H,58,67)(H,60,68)(H,61,69)(H,62,66)/t37-,44+,49-,52?/m0/s1. The number of hydrogen-bond acceptors (Lipinski definition) is 12. The summed E-state index contributed by atoms with van der Waals surface area (Å²) in [4.78, 5) is 79.9. The van der Waals surface area contributed by atoms with Crippen molar-refractivity contribution in [2.75, 3.05) is 51.0 Å². The maximum absolute atomic E-state index is 14.2. The second-order valence-corrected chi connectivity index (χ2v) is 21.4. The average molecular weight is 1030 g/mol. The van der Waals surface area contributed by atoms with Crippen molar-refractivity contribution in [1.29, 1.82) is 0 Å². The molecule has 4 heterocycles. The second-order valence-electron chi connectivity index (χ2n) is 20.6. The highest BCUT2D eigenvalue weighted by Gasteiger charge is 2.45. The summed E-state index contributed by atoms with van der Waals surface area (Å²) >= 11 is 1.57. The molecular formula is C57H73N7O9S. The number of aliphatic hydroxyl groups excluding tert-OH is 1. The number of β-amino-alcohol motifs (C(OH)–C–C–N with tert-alkyl or cyclic N) is 1. The van der Waals surface area contributed by atoms with Crippen LogP contribution in [0.25, 0.3) is 21.6 Å². The van der Waals surface area contributed by atoms with E-state index < -0.39 is 35.4 Å². The Hall–Kier alpha value is -6.40. The van der Waals surface area contributed by atoms with Crippen molar-refractivity contribution in [3.63, 3.8) is 0 Å². The van der Waals surface area contributed by atoms with Crippen LogP contribution in [0.1, 0.15) is 110 Å². The first-order valence-corrected chi connectivity index (χ1v) is 26.6. The number of amides is 4. The zero-order valence-electron chi connectivity index (χ0n) is 44.3. The van der Waals surface area contributed by atoms with Crippen LogP contribution < -0.4 is 31.1 Å². The highest BCUT2D eigenvalue weighted by atomic mass is 32.1. The summed E-state index contributed by atoms with van der Waals surface area (Å²) in [6.07, 6.45) is 1.45. The Morgan fingerprint density at radius 2 is 1.65 bits per heavy atom. The van der Waals surface area contributed by atoms with Gasteiger partial charge in [0.25, 0.3) is 11.5 Å². The van der Waals surface area contributed by atoms with E-state index in [0.717, 1.165) is 74.7 Å². The fraction of sp³-hybridized carbons (Fsp3) is 0.474. The number of benzene rings is 3. The van der Waals surface area contributed by atoms with Gasteiger partial charge in [-0.25, -0.2) is 4.98 Å². The lowest BCUT2D eigenvalue weighted by Crippen LogP contribution is -2.58. The van der Waals surface area contributed by atoms with Crippen molar-refractivity contribution in [1.82, 2.24) is 30.8 Å². The Morgan fingerprint density at radius 1 is 0.946 bits per heavy atom. The van der Waals surface area contributed by atoms with Crippen LogP contribution >= 0.6 is 11.3 Å². The fourth-order valence-electron chi connectivity index (χ4n) is 9.86. The zero-order valence-corrected chi connectivity index (χ0v) is 45.1. The third-order valence-electron chi connectivity index (χ3n) is 14.0. The highest BCUT2D eigenvalue weighted by molar-refractivity contribution is 7.13. The summed E-state index contributed by atoms with van der Waals surface area (Å²) in [5, 5.41) is 19.6. The molecule has 0 radical (unpaired) electrons. The Bertz CT molecular complexity index is 2820. The summed E-state index contributed by atoms with van der Waals surface area (Å²) in [6, 6.07) is 19.6. The van der Waals surface area contributed by atoms with E-state index in [1.807, 2.05) is 122 Å². The van der Waals surface area contributed by atoms with Crippen molar-refractivity contribution < 1.29 is 38.5 Å². The van der Waals surface area contributed by atoms with Gasteiger partial charge < -0.3 is 50.1 Å². The monoisotopic (exact) mass is 1030 g/mol. The van der Waals surface area contributed by atoms with E-state index in [4.69, 9.17) is 14.2 Å². The lowest BCUT2D eigenvalue weighted by atomic mass is 9.85. The fourth-order valence-corrected chi connectivity index (χ4v) is 10.7. The topological polar surface area (TPSA) is 205 Å². The zero-order chi connectivity index (χ0) is 53.3. The minimum Gasteiger partial charge on any atom is -0.494 e. The molecule has 4 amide bonds. The van der Waals surface area contributed by atoms with Crippen LogP contribution in [0, 0.1) is 33.1 Å². The van der Waals surface area contributed by atoms with Gasteiger partial charge in [-0.1, -0.05) is 57.2 Å². The Morgan fingerprint density at radius 3 is 2.30 bits per heavy atom. The number of ether oxygens (including phenoxy) is 3. The van der Waals surface area contributed by atoms with E-state index in [-0.39, 0.29) is 62.2 Å². The average Bonchev–Trinajstić information content (AvgIpc) is 3.99. The molecule has 0 saturated carbocycles. The van der Waals surface area contributed by atoms with Crippen molar-refractivity contribution in [2.45, 2.75) is 125 Å². The molecule has 2 saturated heterocycles. The molecule has 16 nitrogen and oxygen atoms in total. The van der Waals surface area contributed by atoms with Gasteiger partial charge in [0.2, 0.25) is 17.7 Å². The number of aryl methyl sites for hydroxylation is 3. The van der Waals surface area contributed by atoms with Gasteiger partial charge in [0.1, 0.15) is 24.4 Å². The molecule has 2 aromatic heterocycles. The first kappa shape index (κ1) is 55.4. The number of aliphatic hydroxyl groups is 1. The molecule has 5 aromatic rings. The smallest absolute Gasteiger partial charge is 0.253 e. The van der Waals surface area contributed by atoms with Crippen LogP contribution in [0.2, 0.25) is 0 Å². The Labute approximate surface area is 438 Å². The van der Waals surface area contributed by atoms with Crippen LogP contribution in [0.5, 0.6) is 5.75 Å². The minimum absolute atomic E-state index is 0.0307. The predicted molar refractivity (Wildman–Crippen MR) is 288 cm³/mol. The number of pyridine rings is 1. The van der Waals surface area contributed by atoms with Gasteiger partial charge in [-0.05, 0) is 124 Å². The van der Waals surface area contributed by atoms with Crippen molar-refractivity contribution >= 4 is 40.7 Å². The van der Waals surface area contributed by atoms with Gasteiger partial charge in [0.15, 0.2) is 0 Å². The first-order chi connectivity index (χ1) is 35.3. The molecule has 74 heavy (non-hydrogen) atoms. The van der Waals surface area contributed by atoms with Crippen LogP contribution in [0.4, 0.5) is 5.69 Å². The number of anilines is 1. The van der Waals surface area contributed by atoms with Gasteiger partial charge in [-0.15, -0.1) is 11.3 Å². The van der Waals surface area contributed by atoms with E-state index in [1.54, 1.807) is 11.3 Å². The van der Waals surface area contributed by atoms with Crippen molar-refractivity contribution in [3.05, 3.63) is 122 Å². The van der Waals surface area contributed by atoms with E-state index >= 15 is 0 Å². The summed E-state index contributed by atoms with van der Waals surface area (Å²) in [5.74, 6) is -0.929. The quantitative estimate of drug-likeness (QED) is 0.0483. The number of likely N-dealkylation sites (tertiary alicyclic amines) is 1. The number of aromatic amines is 1. The van der Waals surface area contributed by atoms with E-state index in [9.17, 15) is 29.1 Å². The number of carbonyl (C=O) groups is 4. The maximum atomic E-state index is 14.2. The number of aromatic nitrogens is 2. The largest absolute Gasteiger partial charge is 0.494 e. The summed E-state index contributed by atoms with van der Waals surface area (Å²) in [7, 11) is 0. The molecule has 7 rings (SSSR count). The summed E-state index contributed by atoms with van der Waals surface area (Å²) < 4.78 is 17.5. The van der Waals surface area contributed by atoms with Crippen LogP contribution in [-0.2, 0) is 30.4 Å². The van der Waals surface area contributed by atoms with Gasteiger partial charge >= 0.3 is 0 Å². The normalized spacial score (nSPS) is 16.9. The first-order valence-electron chi connectivity index (χ1n) is 25.7. The highest BCUT2D eigenvalue weighted by Crippen LogP contribution is 2.35. The van der Waals surface area contributed by atoms with Crippen molar-refractivity contribution in [2.24, 2.45) is 5.41 Å². The summed E-state index contributed by atoms with van der Waals surface area (Å²) in [5.41, 5.74) is 10.0. The van der Waals surface area contributed by atoms with Crippen LogP contribution in [-0.4, -0.2) is 114 Å². The number of hydrogen-bond donors (Lipinski definition) is 5. The number of H-pyrrole nitrogens is 1. The third kappa shape index (κ3) is 13.7. The lowest BCUT2D eigenvalue weighted by molar-refractivity contribution is -0.144. The van der Waals surface area contributed by atoms with Crippen LogP contribution in [0.15, 0.2) is 77.0 Å². The van der Waals surface area contributed by atoms with Gasteiger partial charge in [0.05, 0.1) is 41.4 Å². The van der Waals surface area contributed by atoms with Gasteiger partial charge in [0, 0.05) is 74.2 Å². The lowest BCUT2D eigenvalue weighted by Gasteiger charge is -2.37. The molecule has 396 valence electrons. The number of rotatable bonds is 20. The molecule has 0 spiro atoms. The molecule has 2 fully saturated rings. The van der Waals surface area contributed by atoms with E-state index in [0.29, 0.717) is 43.1 Å². The van der Waals surface area contributed by atoms with E-state index in [2.05, 4.69) is 43.8 Å². The molecule has 4 atom stereocenters. The number of carbonyl (C=O) groups excluding carboxylic acids is 4. The Kier molecular flexibility index (Phi) is 18.5. The van der Waals surface area contributed by atoms with Gasteiger partial charge in [-0.3, -0.25) is 24.0 Å². The molecule has 5 N–H and O–H groups in total. The second kappa shape index (κ2) is 24.8. The molecular weight excluding hydrogens is 959 g/mol. The maximum Gasteiger partial charge on any atom is 0.253 e. The number of thiazole rings is 1. The molecule has 2 aliphatic heterocycles. The predicted octanol–water partition coefficient (Wildman–Crippen LogP) is 7.49. The molecule has 17 heteroatoms. The number of nitrogens with one attached hydrogen (secondary N) is 4. The third-order valence-corrected chi connectivity index (χ3v) is 15.0. The molecule has 3 aromatic carbocycles. The molecule has 0 bridgehead atoms. The summed E-state index contributed by atoms with van der Waals surface area (Å²) in [6.45, 7) is 19.6. The Balaban J connectivity index is 0.916. The van der Waals surface area contributed by atoms with Crippen LogP contribution in [0.3, 0.4) is 0 Å². The van der Waals surface area contributed by atoms with E-state index in [1.165, 1.54) is 4.90 Å².